The first-order valence-corrected chi connectivity index (χ1v) is 10.8. The number of hydrogen-bond acceptors (Lipinski definition) is 7. The lowest BCUT2D eigenvalue weighted by Crippen LogP contribution is -2.43. The number of anilines is 1. The van der Waals surface area contributed by atoms with Gasteiger partial charge in [-0.1, -0.05) is 17.7 Å². The van der Waals surface area contributed by atoms with Gasteiger partial charge in [-0.2, -0.15) is 0 Å². The molecule has 0 amide bonds. The number of nitrogens with zero attached hydrogens (tertiary/aromatic N) is 2. The van der Waals surface area contributed by atoms with Gasteiger partial charge in [-0.15, -0.1) is 0 Å². The molecule has 0 atom stereocenters. The largest absolute Gasteiger partial charge is 0.390 e. The number of rotatable bonds is 7. The van der Waals surface area contributed by atoms with Crippen LogP contribution in [0.25, 0.3) is 11.1 Å². The van der Waals surface area contributed by atoms with Crippen LogP contribution in [-0.2, 0) is 0 Å². The predicted molar refractivity (Wildman–Crippen MR) is 124 cm³/mol. The van der Waals surface area contributed by atoms with Crippen LogP contribution in [0.1, 0.15) is 13.8 Å². The maximum absolute atomic E-state index is 7.94. The number of hydrogen-bond donors (Lipinski definition) is 4. The van der Waals surface area contributed by atoms with Gasteiger partial charge in [0.25, 0.3) is 0 Å². The molecule has 0 saturated carbocycles. The summed E-state index contributed by atoms with van der Waals surface area (Å²) in [5.74, 6) is 0.999. The average molecular weight is 431 g/mol. The molecule has 4 N–H and O–H groups in total. The number of allylic oxidation sites excluding steroid dienone is 2. The van der Waals surface area contributed by atoms with Crippen molar-refractivity contribution in [2.45, 2.75) is 18.7 Å². The van der Waals surface area contributed by atoms with Crippen molar-refractivity contribution in [3.8, 4) is 11.1 Å². The Kier molecular flexibility index (Phi) is 7.41. The van der Waals surface area contributed by atoms with Crippen LogP contribution in [0.4, 0.5) is 5.82 Å². The van der Waals surface area contributed by atoms with Gasteiger partial charge in [0, 0.05) is 50.0 Å². The minimum Gasteiger partial charge on any atom is -0.390 e. The first-order chi connectivity index (χ1) is 14.0. The number of pyridine rings is 1. The molecule has 2 heterocycles. The molecule has 0 unspecified atom stereocenters. The van der Waals surface area contributed by atoms with Gasteiger partial charge in [-0.3, -0.25) is 0 Å². The number of nitrogens with one attached hydrogen (secondary N) is 4. The molecule has 1 aromatic heterocycles. The summed E-state index contributed by atoms with van der Waals surface area (Å²) in [6.07, 6.45) is 1.86. The summed E-state index contributed by atoms with van der Waals surface area (Å²) >= 11 is 7.97. The van der Waals surface area contributed by atoms with Crippen LogP contribution in [0.3, 0.4) is 0 Å². The highest BCUT2D eigenvalue weighted by atomic mass is 35.5. The average Bonchev–Trinajstić information content (AvgIpc) is 2.75. The molecule has 1 aromatic carbocycles. The normalized spacial score (nSPS) is 15.0. The lowest BCUT2D eigenvalue weighted by Gasteiger charge is -2.28. The summed E-state index contributed by atoms with van der Waals surface area (Å²) in [6.45, 7) is 7.59. The molecule has 0 aliphatic carbocycles. The van der Waals surface area contributed by atoms with E-state index in [1.54, 1.807) is 6.92 Å². The second-order valence-corrected chi connectivity index (χ2v) is 8.12. The number of halogens is 1. The van der Waals surface area contributed by atoms with Crippen molar-refractivity contribution in [1.29, 1.82) is 5.41 Å². The summed E-state index contributed by atoms with van der Waals surface area (Å²) < 4.78 is 3.24. The fourth-order valence-corrected chi connectivity index (χ4v) is 4.20. The van der Waals surface area contributed by atoms with Gasteiger partial charge in [0.2, 0.25) is 0 Å². The number of aromatic nitrogens is 1. The lowest BCUT2D eigenvalue weighted by atomic mass is 10.1. The topological polar surface area (TPSA) is 76.1 Å². The molecule has 0 bridgehead atoms. The van der Waals surface area contributed by atoms with Crippen LogP contribution < -0.4 is 20.3 Å². The molecular weight excluding hydrogens is 404 g/mol. The molecule has 1 aliphatic rings. The van der Waals surface area contributed by atoms with E-state index in [4.69, 9.17) is 17.0 Å². The summed E-state index contributed by atoms with van der Waals surface area (Å²) in [7, 11) is 1.84. The van der Waals surface area contributed by atoms with Crippen molar-refractivity contribution < 1.29 is 0 Å². The lowest BCUT2D eigenvalue weighted by molar-refractivity contribution is 0.585. The Morgan fingerprint density at radius 3 is 2.55 bits per heavy atom. The Morgan fingerprint density at radius 1 is 1.17 bits per heavy atom. The second kappa shape index (κ2) is 10.0. The quantitative estimate of drug-likeness (QED) is 0.394. The van der Waals surface area contributed by atoms with Crippen LogP contribution in [0.2, 0.25) is 5.02 Å². The van der Waals surface area contributed by atoms with Crippen molar-refractivity contribution in [2.24, 2.45) is 0 Å². The Balaban J connectivity index is 1.77. The molecule has 0 radical (unpaired) electrons. The van der Waals surface area contributed by atoms with Crippen LogP contribution in [0, 0.1) is 5.41 Å². The van der Waals surface area contributed by atoms with E-state index in [1.807, 2.05) is 38.4 Å². The van der Waals surface area contributed by atoms with E-state index < -0.39 is 0 Å². The van der Waals surface area contributed by atoms with E-state index >= 15 is 0 Å². The van der Waals surface area contributed by atoms with Crippen LogP contribution >= 0.6 is 23.5 Å². The van der Waals surface area contributed by atoms with E-state index in [-0.39, 0.29) is 0 Å². The highest BCUT2D eigenvalue weighted by Crippen LogP contribution is 2.32. The van der Waals surface area contributed by atoms with Gasteiger partial charge in [0.15, 0.2) is 0 Å². The summed E-state index contributed by atoms with van der Waals surface area (Å²) in [6, 6.07) is 10.2. The Hall–Kier alpha value is -2.22. The van der Waals surface area contributed by atoms with Crippen LogP contribution in [0.5, 0.6) is 0 Å². The highest BCUT2D eigenvalue weighted by Gasteiger charge is 2.13. The second-order valence-electron chi connectivity index (χ2n) is 6.86. The van der Waals surface area contributed by atoms with Crippen molar-refractivity contribution in [1.82, 2.24) is 20.3 Å². The Labute approximate surface area is 181 Å². The third-order valence-electron chi connectivity index (χ3n) is 4.84. The first kappa shape index (κ1) is 21.5. The standard InChI is InChI=1S/C21H27ClN6S/c1-14(23)21(15(2)24-3)27-29-19-5-4-16(12-18(19)22)17-6-7-26-20(13-17)28-10-8-25-9-11-28/h4-7,12-13,23-25,27H,8-11H2,1-3H3/b21-15+,23-14?. The highest BCUT2D eigenvalue weighted by molar-refractivity contribution is 7.97. The zero-order valence-electron chi connectivity index (χ0n) is 17.0. The van der Waals surface area contributed by atoms with Crippen molar-refractivity contribution in [2.75, 3.05) is 38.1 Å². The molecule has 0 spiro atoms. The van der Waals surface area contributed by atoms with Gasteiger partial charge >= 0.3 is 0 Å². The van der Waals surface area contributed by atoms with Gasteiger partial charge < -0.3 is 25.7 Å². The van der Waals surface area contributed by atoms with E-state index in [1.165, 1.54) is 11.9 Å². The maximum Gasteiger partial charge on any atom is 0.129 e. The first-order valence-electron chi connectivity index (χ1n) is 9.58. The molecular formula is C21H27ClN6S. The fraction of sp³-hybridized carbons (Fsp3) is 0.333. The monoisotopic (exact) mass is 430 g/mol. The Bertz CT molecular complexity index is 908. The van der Waals surface area contributed by atoms with Crippen LogP contribution in [-0.4, -0.2) is 43.9 Å². The minimum atomic E-state index is 0.467. The zero-order chi connectivity index (χ0) is 20.8. The van der Waals surface area contributed by atoms with E-state index in [0.29, 0.717) is 10.7 Å². The number of benzene rings is 1. The molecule has 1 fully saturated rings. The maximum atomic E-state index is 7.94. The molecule has 2 aromatic rings. The third-order valence-corrected chi connectivity index (χ3v) is 6.15. The summed E-state index contributed by atoms with van der Waals surface area (Å²) in [5, 5.41) is 15.0. The van der Waals surface area contributed by atoms with Gasteiger partial charge in [-0.05, 0) is 61.2 Å². The summed E-state index contributed by atoms with van der Waals surface area (Å²) in [5.41, 5.74) is 4.29. The SMILES string of the molecule is CN/C(C)=C(/NSc1ccc(-c2ccnc(N3CCNCC3)c2)cc1Cl)C(C)=N. The van der Waals surface area contributed by atoms with Gasteiger partial charge in [0.05, 0.1) is 16.4 Å². The molecule has 1 aliphatic heterocycles. The van der Waals surface area contributed by atoms with Gasteiger partial charge in [0.1, 0.15) is 5.82 Å². The van der Waals surface area contributed by atoms with E-state index in [9.17, 15) is 0 Å². The van der Waals surface area contributed by atoms with Crippen molar-refractivity contribution in [3.63, 3.8) is 0 Å². The van der Waals surface area contributed by atoms with Crippen molar-refractivity contribution >= 4 is 35.1 Å². The van der Waals surface area contributed by atoms with Crippen LogP contribution in [0.15, 0.2) is 52.8 Å². The summed E-state index contributed by atoms with van der Waals surface area (Å²) in [4.78, 5) is 7.75. The van der Waals surface area contributed by atoms with E-state index in [0.717, 1.165) is 59.4 Å². The molecule has 154 valence electrons. The zero-order valence-corrected chi connectivity index (χ0v) is 18.5. The molecule has 3 rings (SSSR count). The predicted octanol–water partition coefficient (Wildman–Crippen LogP) is 3.90. The van der Waals surface area contributed by atoms with Gasteiger partial charge in [-0.25, -0.2) is 4.98 Å². The minimum absolute atomic E-state index is 0.467. The molecule has 6 nitrogen and oxygen atoms in total. The van der Waals surface area contributed by atoms with E-state index in [2.05, 4.69) is 37.4 Å². The molecule has 8 heteroatoms. The molecule has 29 heavy (non-hydrogen) atoms. The van der Waals surface area contributed by atoms with Crippen molar-refractivity contribution in [3.05, 3.63) is 52.9 Å². The molecule has 1 saturated heterocycles. The Morgan fingerprint density at radius 2 is 1.90 bits per heavy atom. The fourth-order valence-electron chi connectivity index (χ4n) is 3.09. The third kappa shape index (κ3) is 5.44. The smallest absolute Gasteiger partial charge is 0.129 e. The number of piperazine rings is 1.